The summed E-state index contributed by atoms with van der Waals surface area (Å²) in [7, 11) is 6.75. The number of amides is 1. The number of carbonyl (C=O) groups is 3. The number of nitrogens with two attached hydrogens (primary N) is 1. The maximum Gasteiger partial charge on any atom is 0.255 e. The minimum Gasteiger partial charge on any atom is -0.508 e. The van der Waals surface area contributed by atoms with Crippen molar-refractivity contribution in [2.75, 3.05) is 33.1 Å². The van der Waals surface area contributed by atoms with Crippen molar-refractivity contribution in [1.29, 1.82) is 0 Å². The highest BCUT2D eigenvalue weighted by Crippen LogP contribution is 2.53. The highest BCUT2D eigenvalue weighted by atomic mass is 16.3. The van der Waals surface area contributed by atoms with Crippen LogP contribution in [0.1, 0.15) is 17.5 Å². The first kappa shape index (κ1) is 22.8. The lowest BCUT2D eigenvalue weighted by Gasteiger charge is -2.50. The van der Waals surface area contributed by atoms with Gasteiger partial charge in [-0.25, -0.2) is 0 Å². The van der Waals surface area contributed by atoms with Crippen LogP contribution in [-0.4, -0.2) is 82.6 Å². The molecule has 33 heavy (non-hydrogen) atoms. The molecule has 1 fully saturated rings. The smallest absolute Gasteiger partial charge is 0.255 e. The van der Waals surface area contributed by atoms with Crippen molar-refractivity contribution in [3.8, 4) is 5.75 Å². The molecule has 0 heterocycles. The zero-order valence-corrected chi connectivity index (χ0v) is 18.8. The van der Waals surface area contributed by atoms with E-state index in [0.29, 0.717) is 5.56 Å². The number of rotatable bonds is 3. The maximum atomic E-state index is 13.7. The van der Waals surface area contributed by atoms with Gasteiger partial charge in [0.15, 0.2) is 11.4 Å². The number of nitrogens with zero attached hydrogens (tertiary/aromatic N) is 2. The fraction of sp³-hybridized carbons (Fsp3) is 0.435. The summed E-state index contributed by atoms with van der Waals surface area (Å²) in [6.07, 6.45) is 0.324. The van der Waals surface area contributed by atoms with Crippen molar-refractivity contribution in [2.45, 2.75) is 24.5 Å². The number of primary amides is 1. The number of anilines is 1. The number of phenolic OH excluding ortho intramolecular Hbond substituents is 1. The molecule has 0 aliphatic heterocycles. The lowest BCUT2D eigenvalue weighted by Crippen LogP contribution is -2.65. The zero-order chi connectivity index (χ0) is 24.6. The Morgan fingerprint density at radius 2 is 1.76 bits per heavy atom. The minimum absolute atomic E-state index is 0.0638. The van der Waals surface area contributed by atoms with Crippen LogP contribution >= 0.6 is 0 Å². The third-order valence-electron chi connectivity index (χ3n) is 7.06. The van der Waals surface area contributed by atoms with Gasteiger partial charge in [0, 0.05) is 31.3 Å². The molecule has 1 saturated carbocycles. The van der Waals surface area contributed by atoms with Crippen molar-refractivity contribution in [2.24, 2.45) is 17.6 Å². The van der Waals surface area contributed by atoms with Gasteiger partial charge in [-0.05, 0) is 50.6 Å². The van der Waals surface area contributed by atoms with Crippen LogP contribution < -0.4 is 10.6 Å². The second-order valence-electron chi connectivity index (χ2n) is 9.31. The second kappa shape index (κ2) is 7.32. The Bertz CT molecular complexity index is 1170. The van der Waals surface area contributed by atoms with E-state index in [1.807, 2.05) is 19.0 Å². The number of phenols is 1. The van der Waals surface area contributed by atoms with Crippen molar-refractivity contribution >= 4 is 28.9 Å². The van der Waals surface area contributed by atoms with Gasteiger partial charge >= 0.3 is 0 Å². The summed E-state index contributed by atoms with van der Waals surface area (Å²) in [4.78, 5) is 42.0. The van der Waals surface area contributed by atoms with Crippen LogP contribution in [0.2, 0.25) is 0 Å². The Morgan fingerprint density at radius 1 is 1.12 bits per heavy atom. The van der Waals surface area contributed by atoms with Crippen LogP contribution in [0.25, 0.3) is 5.76 Å². The standard InChI is InChI=1S/C23H27N3O7/c1-25(2)12-5-6-13(27)15-10(12)7-9-8-11-17(26(3)4)19(29)16(22(24)32)21(31)23(11,33)20(30)14(9)18(15)28/h5-6,9,11,17,27-28,31,33H,7-8H2,1-4H3,(H2,24,32)/t9-,11+,17-,23-/m0/s1. The number of ketones is 2. The van der Waals surface area contributed by atoms with Gasteiger partial charge in [0.05, 0.1) is 11.6 Å². The molecular weight excluding hydrogens is 430 g/mol. The van der Waals surface area contributed by atoms with Crippen molar-refractivity contribution in [3.63, 3.8) is 0 Å². The Kier molecular flexibility index (Phi) is 5.06. The molecule has 3 aliphatic carbocycles. The molecule has 0 radical (unpaired) electrons. The number of benzene rings is 1. The third-order valence-corrected chi connectivity index (χ3v) is 7.06. The average molecular weight is 457 g/mol. The molecule has 0 aromatic heterocycles. The number of hydrogen-bond acceptors (Lipinski definition) is 9. The number of aliphatic hydroxyl groups excluding tert-OH is 2. The normalized spacial score (nSPS) is 29.1. The summed E-state index contributed by atoms with van der Waals surface area (Å²) in [5, 5.41) is 43.9. The molecule has 176 valence electrons. The molecule has 0 spiro atoms. The number of fused-ring (bicyclic) bond motifs is 3. The number of carbonyl (C=O) groups excluding carboxylic acids is 3. The topological polar surface area (TPSA) is 165 Å². The molecule has 0 bridgehead atoms. The van der Waals surface area contributed by atoms with Crippen molar-refractivity contribution in [1.82, 2.24) is 4.90 Å². The summed E-state index contributed by atoms with van der Waals surface area (Å²) >= 11 is 0. The van der Waals surface area contributed by atoms with E-state index in [1.165, 1.54) is 11.0 Å². The van der Waals surface area contributed by atoms with Crippen LogP contribution in [0.5, 0.6) is 5.75 Å². The van der Waals surface area contributed by atoms with E-state index in [0.717, 1.165) is 5.69 Å². The molecule has 4 atom stereocenters. The third kappa shape index (κ3) is 2.90. The quantitative estimate of drug-likeness (QED) is 0.394. The lowest BCUT2D eigenvalue weighted by molar-refractivity contribution is -0.153. The number of Topliss-reactive ketones (excluding diaryl/α,β-unsaturated/α-hetero) is 2. The maximum absolute atomic E-state index is 13.7. The van der Waals surface area contributed by atoms with Crippen LogP contribution in [0, 0.1) is 11.8 Å². The van der Waals surface area contributed by atoms with Gasteiger partial charge in [-0.1, -0.05) is 0 Å². The van der Waals surface area contributed by atoms with Gasteiger partial charge in [0.2, 0.25) is 5.78 Å². The van der Waals surface area contributed by atoms with Crippen LogP contribution in [-0.2, 0) is 20.8 Å². The SMILES string of the molecule is CN(C)c1ccc(O)c2c1C[C@H]1C[C@@H]3[C@H](N(C)C)C(=O)C(C(N)=O)=C(O)[C@@]3(O)C(=O)C1=C2O. The summed E-state index contributed by atoms with van der Waals surface area (Å²) in [5.74, 6) is -6.54. The van der Waals surface area contributed by atoms with Gasteiger partial charge in [0.25, 0.3) is 5.91 Å². The fourth-order valence-electron chi connectivity index (χ4n) is 5.65. The molecule has 0 unspecified atom stereocenters. The number of aliphatic hydroxyl groups is 3. The lowest BCUT2D eigenvalue weighted by atomic mass is 9.57. The van der Waals surface area contributed by atoms with Crippen molar-refractivity contribution in [3.05, 3.63) is 40.2 Å². The molecule has 3 aliphatic rings. The monoisotopic (exact) mass is 457 g/mol. The van der Waals surface area contributed by atoms with Gasteiger partial charge < -0.3 is 31.1 Å². The highest BCUT2D eigenvalue weighted by molar-refractivity contribution is 6.24. The predicted octanol–water partition coefficient (Wildman–Crippen LogP) is 0.0300. The Balaban J connectivity index is 1.99. The van der Waals surface area contributed by atoms with E-state index in [1.54, 1.807) is 20.2 Å². The van der Waals surface area contributed by atoms with Crippen LogP contribution in [0.3, 0.4) is 0 Å². The summed E-state index contributed by atoms with van der Waals surface area (Å²) in [5.41, 5.74) is 3.15. The predicted molar refractivity (Wildman–Crippen MR) is 119 cm³/mol. The van der Waals surface area contributed by atoms with E-state index < -0.39 is 58.0 Å². The Labute approximate surface area is 190 Å². The highest BCUT2D eigenvalue weighted by Gasteiger charge is 2.64. The Hall–Kier alpha value is -3.37. The largest absolute Gasteiger partial charge is 0.508 e. The minimum atomic E-state index is -2.63. The van der Waals surface area contributed by atoms with E-state index in [2.05, 4.69) is 0 Å². The summed E-state index contributed by atoms with van der Waals surface area (Å²) in [6, 6.07) is 2.01. The molecule has 0 saturated heterocycles. The molecule has 1 aromatic carbocycles. The molecule has 1 aromatic rings. The first-order valence-corrected chi connectivity index (χ1v) is 10.5. The van der Waals surface area contributed by atoms with Gasteiger partial charge in [-0.2, -0.15) is 0 Å². The van der Waals surface area contributed by atoms with Crippen molar-refractivity contribution < 1.29 is 34.8 Å². The number of likely N-dealkylation sites (N-methyl/N-ethyl adjacent to an activating group) is 1. The first-order chi connectivity index (χ1) is 15.3. The molecule has 10 heteroatoms. The van der Waals surface area contributed by atoms with E-state index in [4.69, 9.17) is 5.73 Å². The van der Waals surface area contributed by atoms with E-state index in [-0.39, 0.29) is 29.7 Å². The zero-order valence-electron chi connectivity index (χ0n) is 18.8. The fourth-order valence-corrected chi connectivity index (χ4v) is 5.65. The number of hydrogen-bond donors (Lipinski definition) is 5. The van der Waals surface area contributed by atoms with E-state index in [9.17, 15) is 34.8 Å². The van der Waals surface area contributed by atoms with Crippen LogP contribution in [0.15, 0.2) is 29.0 Å². The first-order valence-electron chi connectivity index (χ1n) is 10.5. The average Bonchev–Trinajstić information content (AvgIpc) is 2.70. The van der Waals surface area contributed by atoms with Gasteiger partial charge in [0.1, 0.15) is 22.8 Å². The molecule has 6 N–H and O–H groups in total. The summed E-state index contributed by atoms with van der Waals surface area (Å²) in [6.45, 7) is 0. The second-order valence-corrected chi connectivity index (χ2v) is 9.31. The molecule has 4 rings (SSSR count). The van der Waals surface area contributed by atoms with Crippen LogP contribution in [0.4, 0.5) is 5.69 Å². The Morgan fingerprint density at radius 3 is 2.30 bits per heavy atom. The molecule has 1 amide bonds. The van der Waals surface area contributed by atoms with E-state index >= 15 is 0 Å². The van der Waals surface area contributed by atoms with Gasteiger partial charge in [-0.3, -0.25) is 19.3 Å². The van der Waals surface area contributed by atoms with Gasteiger partial charge in [-0.15, -0.1) is 0 Å². The molecular formula is C23H27N3O7. The summed E-state index contributed by atoms with van der Waals surface area (Å²) < 4.78 is 0. The number of aromatic hydroxyl groups is 1. The molecule has 10 nitrogen and oxygen atoms in total.